The summed E-state index contributed by atoms with van der Waals surface area (Å²) in [6.45, 7) is 0.506. The number of hydrogen-bond acceptors (Lipinski definition) is 5. The SMILES string of the molecule is N#Cc1ccc(OC2CC3CC(N4Cc5ncncc5C4=O)CC3C2)cc1C(F)(F)F. The molecule has 0 bridgehead atoms. The summed E-state index contributed by atoms with van der Waals surface area (Å²) in [5, 5.41) is 8.93. The van der Waals surface area contributed by atoms with Crippen molar-refractivity contribution >= 4 is 5.91 Å². The van der Waals surface area contributed by atoms with Gasteiger partial charge < -0.3 is 9.64 Å². The van der Waals surface area contributed by atoms with Gasteiger partial charge in [0.05, 0.1) is 41.1 Å². The molecule has 1 amide bonds. The van der Waals surface area contributed by atoms with Gasteiger partial charge in [-0.2, -0.15) is 18.4 Å². The first-order valence-corrected chi connectivity index (χ1v) is 10.2. The maximum Gasteiger partial charge on any atom is 0.417 e. The molecule has 0 radical (unpaired) electrons. The summed E-state index contributed by atoms with van der Waals surface area (Å²) in [4.78, 5) is 22.7. The molecule has 1 aromatic carbocycles. The maximum absolute atomic E-state index is 13.2. The lowest BCUT2D eigenvalue weighted by Crippen LogP contribution is -2.34. The van der Waals surface area contributed by atoms with Crippen LogP contribution in [0.4, 0.5) is 13.2 Å². The van der Waals surface area contributed by atoms with Gasteiger partial charge in [-0.05, 0) is 55.7 Å². The van der Waals surface area contributed by atoms with Gasteiger partial charge in [-0.25, -0.2) is 9.97 Å². The van der Waals surface area contributed by atoms with Crippen molar-refractivity contribution in [1.82, 2.24) is 14.9 Å². The van der Waals surface area contributed by atoms with Crippen molar-refractivity contribution in [3.8, 4) is 11.8 Å². The summed E-state index contributed by atoms with van der Waals surface area (Å²) in [5.41, 5.74) is -0.0467. The lowest BCUT2D eigenvalue weighted by Gasteiger charge is -2.25. The zero-order valence-electron chi connectivity index (χ0n) is 16.5. The first-order valence-electron chi connectivity index (χ1n) is 10.2. The quantitative estimate of drug-likeness (QED) is 0.740. The van der Waals surface area contributed by atoms with Gasteiger partial charge in [-0.3, -0.25) is 4.79 Å². The fraction of sp³-hybridized carbons (Fsp3) is 0.455. The highest BCUT2D eigenvalue weighted by Crippen LogP contribution is 2.48. The van der Waals surface area contributed by atoms with Crippen molar-refractivity contribution in [3.05, 3.63) is 53.1 Å². The topological polar surface area (TPSA) is 79.1 Å². The molecule has 2 atom stereocenters. The largest absolute Gasteiger partial charge is 0.490 e. The Morgan fingerprint density at radius 1 is 1.16 bits per heavy atom. The summed E-state index contributed by atoms with van der Waals surface area (Å²) in [6.07, 6.45) is 1.47. The minimum Gasteiger partial charge on any atom is -0.490 e. The average molecular weight is 428 g/mol. The van der Waals surface area contributed by atoms with Crippen molar-refractivity contribution < 1.29 is 22.7 Å². The number of nitriles is 1. The maximum atomic E-state index is 13.2. The third-order valence-corrected chi connectivity index (χ3v) is 6.71. The van der Waals surface area contributed by atoms with Gasteiger partial charge in [0.25, 0.3) is 5.91 Å². The summed E-state index contributed by atoms with van der Waals surface area (Å²) >= 11 is 0. The Hall–Kier alpha value is -3.15. The molecule has 1 aromatic heterocycles. The van der Waals surface area contributed by atoms with Crippen LogP contribution < -0.4 is 4.74 Å². The van der Waals surface area contributed by atoms with Gasteiger partial charge in [-0.1, -0.05) is 0 Å². The Morgan fingerprint density at radius 2 is 1.90 bits per heavy atom. The normalized spacial score (nSPS) is 27.2. The molecule has 2 aromatic rings. The number of ether oxygens (including phenoxy) is 1. The van der Waals surface area contributed by atoms with E-state index in [-0.39, 0.29) is 23.8 Å². The number of carbonyl (C=O) groups is 1. The Morgan fingerprint density at radius 3 is 2.55 bits per heavy atom. The number of rotatable bonds is 3. The van der Waals surface area contributed by atoms with Crippen LogP contribution in [-0.2, 0) is 12.7 Å². The van der Waals surface area contributed by atoms with Crippen LogP contribution in [0, 0.1) is 23.2 Å². The number of alkyl halides is 3. The number of benzene rings is 1. The highest BCUT2D eigenvalue weighted by Gasteiger charge is 2.47. The Bertz CT molecular complexity index is 1070. The van der Waals surface area contributed by atoms with Crippen LogP contribution in [-0.4, -0.2) is 32.9 Å². The molecule has 1 aliphatic heterocycles. The van der Waals surface area contributed by atoms with E-state index < -0.39 is 17.3 Å². The predicted octanol–water partition coefficient (Wildman–Crippen LogP) is 3.96. The third kappa shape index (κ3) is 3.50. The van der Waals surface area contributed by atoms with E-state index in [9.17, 15) is 18.0 Å². The minimum absolute atomic E-state index is 0.0226. The van der Waals surface area contributed by atoms with E-state index in [1.165, 1.54) is 12.4 Å². The summed E-state index contributed by atoms with van der Waals surface area (Å²) in [6, 6.07) is 5.22. The second-order valence-corrected chi connectivity index (χ2v) is 8.49. The summed E-state index contributed by atoms with van der Waals surface area (Å²) in [7, 11) is 0. The molecule has 2 heterocycles. The van der Waals surface area contributed by atoms with Crippen molar-refractivity contribution in [2.24, 2.45) is 11.8 Å². The number of aromatic nitrogens is 2. The molecule has 9 heteroatoms. The van der Waals surface area contributed by atoms with Crippen molar-refractivity contribution in [2.75, 3.05) is 0 Å². The first kappa shape index (κ1) is 19.8. The lowest BCUT2D eigenvalue weighted by molar-refractivity contribution is -0.137. The molecule has 3 aliphatic rings. The smallest absolute Gasteiger partial charge is 0.417 e. The molecule has 160 valence electrons. The van der Waals surface area contributed by atoms with E-state index in [0.717, 1.165) is 43.5 Å². The van der Waals surface area contributed by atoms with Crippen molar-refractivity contribution in [2.45, 2.75) is 50.6 Å². The Balaban J connectivity index is 1.23. The molecule has 0 spiro atoms. The second kappa shape index (κ2) is 7.22. The molecule has 0 saturated heterocycles. The van der Waals surface area contributed by atoms with Gasteiger partial charge in [-0.15, -0.1) is 0 Å². The lowest BCUT2D eigenvalue weighted by atomic mass is 10.0. The number of amides is 1. The van der Waals surface area contributed by atoms with Crippen LogP contribution in [0.5, 0.6) is 5.75 Å². The predicted molar refractivity (Wildman–Crippen MR) is 102 cm³/mol. The van der Waals surface area contributed by atoms with Crippen molar-refractivity contribution in [3.63, 3.8) is 0 Å². The van der Waals surface area contributed by atoms with E-state index >= 15 is 0 Å². The molecular formula is C22H19F3N4O2. The van der Waals surface area contributed by atoms with Gasteiger partial charge in [0.15, 0.2) is 0 Å². The van der Waals surface area contributed by atoms with Crippen LogP contribution in [0.15, 0.2) is 30.7 Å². The number of carbonyl (C=O) groups excluding carboxylic acids is 1. The molecule has 2 saturated carbocycles. The first-order chi connectivity index (χ1) is 14.8. The molecule has 0 N–H and O–H groups in total. The molecule has 2 unspecified atom stereocenters. The number of fused-ring (bicyclic) bond motifs is 2. The van der Waals surface area contributed by atoms with Crippen molar-refractivity contribution in [1.29, 1.82) is 5.26 Å². The van der Waals surface area contributed by atoms with Crippen LogP contribution >= 0.6 is 0 Å². The minimum atomic E-state index is -4.60. The number of halogens is 3. The van der Waals surface area contributed by atoms with Gasteiger partial charge in [0.2, 0.25) is 0 Å². The molecule has 6 nitrogen and oxygen atoms in total. The molecule has 2 fully saturated rings. The van der Waals surface area contributed by atoms with Crippen LogP contribution in [0.25, 0.3) is 0 Å². The van der Waals surface area contributed by atoms with E-state index in [1.54, 1.807) is 12.3 Å². The third-order valence-electron chi connectivity index (χ3n) is 6.71. The Kier molecular flexibility index (Phi) is 4.61. The molecule has 5 rings (SSSR count). The van der Waals surface area contributed by atoms with E-state index in [0.29, 0.717) is 23.9 Å². The van der Waals surface area contributed by atoms with Gasteiger partial charge >= 0.3 is 6.18 Å². The number of hydrogen-bond donors (Lipinski definition) is 0. The van der Waals surface area contributed by atoms with Crippen LogP contribution in [0.2, 0.25) is 0 Å². The summed E-state index contributed by atoms with van der Waals surface area (Å²) in [5.74, 6) is 0.860. The second-order valence-electron chi connectivity index (χ2n) is 8.49. The molecular weight excluding hydrogens is 409 g/mol. The number of nitrogens with zero attached hydrogens (tertiary/aromatic N) is 4. The van der Waals surface area contributed by atoms with E-state index in [2.05, 4.69) is 9.97 Å². The van der Waals surface area contributed by atoms with Gasteiger partial charge in [0.1, 0.15) is 12.1 Å². The Labute approximate surface area is 176 Å². The highest BCUT2D eigenvalue weighted by molar-refractivity contribution is 5.97. The fourth-order valence-electron chi connectivity index (χ4n) is 5.34. The zero-order valence-corrected chi connectivity index (χ0v) is 16.5. The molecule has 31 heavy (non-hydrogen) atoms. The standard InChI is InChI=1S/C22H19F3N4O2/c23-22(24,25)19-7-16(2-1-12(19)8-26)31-17-5-13-3-15(4-14(13)6-17)29-10-20-18(21(29)30)9-27-11-28-20/h1-2,7,9,11,13-15,17H,3-6,10H2. The highest BCUT2D eigenvalue weighted by atomic mass is 19.4. The summed E-state index contributed by atoms with van der Waals surface area (Å²) < 4.78 is 45.4. The van der Waals surface area contributed by atoms with Crippen LogP contribution in [0.1, 0.15) is 52.9 Å². The fourth-order valence-corrected chi connectivity index (χ4v) is 5.34. The van der Waals surface area contributed by atoms with Gasteiger partial charge in [0, 0.05) is 12.2 Å². The van der Waals surface area contributed by atoms with Crippen LogP contribution in [0.3, 0.4) is 0 Å². The zero-order chi connectivity index (χ0) is 21.8. The monoisotopic (exact) mass is 428 g/mol. The van der Waals surface area contributed by atoms with E-state index in [1.807, 2.05) is 4.90 Å². The molecule has 2 aliphatic carbocycles. The van der Waals surface area contributed by atoms with E-state index in [4.69, 9.17) is 10.00 Å². The average Bonchev–Trinajstić information content (AvgIpc) is 3.39.